The molecule has 0 amide bonds. The summed E-state index contributed by atoms with van der Waals surface area (Å²) in [4.78, 5) is 0. The zero-order chi connectivity index (χ0) is 22.2. The molecule has 0 fully saturated rings. The Hall–Kier alpha value is -4.14. The van der Waals surface area contributed by atoms with Gasteiger partial charge in [0.1, 0.15) is 11.2 Å². The molecule has 0 aliphatic heterocycles. The van der Waals surface area contributed by atoms with Gasteiger partial charge in [0.25, 0.3) is 0 Å². The standard InChI is InChI=1S/C32H18OS/c1-2-9-20-19(8-1)18-27(26-13-7-12-25-22-11-4-6-15-29(22)34-32(25)26)23-16-17-24-21-10-3-5-14-28(21)33-31(24)30(20)23/h1-18H. The first kappa shape index (κ1) is 18.3. The van der Waals surface area contributed by atoms with Gasteiger partial charge in [0.15, 0.2) is 0 Å². The van der Waals surface area contributed by atoms with Crippen LogP contribution in [0.3, 0.4) is 0 Å². The highest BCUT2D eigenvalue weighted by Gasteiger charge is 2.18. The predicted molar refractivity (Wildman–Crippen MR) is 147 cm³/mol. The SMILES string of the molecule is c1ccc2c(c1)cc(-c1cccc3c1sc1ccccc13)c1ccc3c4ccccc4oc3c12. The van der Waals surface area contributed by atoms with E-state index in [4.69, 9.17) is 4.42 Å². The molecule has 8 aromatic rings. The Labute approximate surface area is 199 Å². The van der Waals surface area contributed by atoms with E-state index in [0.29, 0.717) is 0 Å². The largest absolute Gasteiger partial charge is 0.455 e. The number of benzene rings is 6. The van der Waals surface area contributed by atoms with Crippen molar-refractivity contribution in [3.8, 4) is 11.1 Å². The van der Waals surface area contributed by atoms with Crippen molar-refractivity contribution < 1.29 is 4.42 Å². The summed E-state index contributed by atoms with van der Waals surface area (Å²) >= 11 is 1.88. The minimum atomic E-state index is 0.936. The van der Waals surface area contributed by atoms with Gasteiger partial charge in [0.05, 0.1) is 0 Å². The van der Waals surface area contributed by atoms with Gasteiger partial charge in [-0.2, -0.15) is 0 Å². The monoisotopic (exact) mass is 450 g/mol. The molecule has 0 unspecified atom stereocenters. The highest BCUT2D eigenvalue weighted by molar-refractivity contribution is 7.26. The molecule has 158 valence electrons. The highest BCUT2D eigenvalue weighted by atomic mass is 32.1. The summed E-state index contributed by atoms with van der Waals surface area (Å²) < 4.78 is 9.17. The number of para-hydroxylation sites is 1. The van der Waals surface area contributed by atoms with E-state index in [2.05, 4.69) is 103 Å². The van der Waals surface area contributed by atoms with Gasteiger partial charge in [0, 0.05) is 41.9 Å². The van der Waals surface area contributed by atoms with E-state index in [1.807, 2.05) is 17.4 Å². The van der Waals surface area contributed by atoms with E-state index in [9.17, 15) is 0 Å². The van der Waals surface area contributed by atoms with Gasteiger partial charge >= 0.3 is 0 Å². The smallest absolute Gasteiger partial charge is 0.143 e. The zero-order valence-electron chi connectivity index (χ0n) is 18.2. The molecular formula is C32H18OS. The summed E-state index contributed by atoms with van der Waals surface area (Å²) in [5, 5.41) is 9.88. The van der Waals surface area contributed by atoms with Crippen molar-refractivity contribution in [1.29, 1.82) is 0 Å². The van der Waals surface area contributed by atoms with Crippen molar-refractivity contribution in [2.45, 2.75) is 0 Å². The molecule has 6 aromatic carbocycles. The van der Waals surface area contributed by atoms with Crippen molar-refractivity contribution in [1.82, 2.24) is 0 Å². The van der Waals surface area contributed by atoms with E-state index in [1.54, 1.807) is 0 Å². The van der Waals surface area contributed by atoms with Crippen molar-refractivity contribution in [2.24, 2.45) is 0 Å². The number of furan rings is 1. The van der Waals surface area contributed by atoms with Crippen LogP contribution in [0.1, 0.15) is 0 Å². The van der Waals surface area contributed by atoms with Gasteiger partial charge in [0.2, 0.25) is 0 Å². The van der Waals surface area contributed by atoms with Crippen LogP contribution in [0.5, 0.6) is 0 Å². The lowest BCUT2D eigenvalue weighted by Crippen LogP contribution is -1.86. The molecule has 0 aliphatic rings. The van der Waals surface area contributed by atoms with E-state index in [0.717, 1.165) is 11.2 Å². The topological polar surface area (TPSA) is 13.1 Å². The summed E-state index contributed by atoms with van der Waals surface area (Å²) in [5.41, 5.74) is 4.45. The summed E-state index contributed by atoms with van der Waals surface area (Å²) in [6.07, 6.45) is 0. The lowest BCUT2D eigenvalue weighted by atomic mass is 9.91. The molecule has 2 aromatic heterocycles. The normalized spacial score (nSPS) is 12.1. The molecule has 2 heteroatoms. The fourth-order valence-electron chi connectivity index (χ4n) is 5.55. The van der Waals surface area contributed by atoms with E-state index < -0.39 is 0 Å². The molecule has 0 saturated heterocycles. The van der Waals surface area contributed by atoms with Gasteiger partial charge in [-0.25, -0.2) is 0 Å². The first-order valence-electron chi connectivity index (χ1n) is 11.5. The minimum absolute atomic E-state index is 0.936. The Balaban J connectivity index is 1.58. The Kier molecular flexibility index (Phi) is 3.60. The van der Waals surface area contributed by atoms with Crippen molar-refractivity contribution >= 4 is 75.0 Å². The first-order chi connectivity index (χ1) is 16.9. The highest BCUT2D eigenvalue weighted by Crippen LogP contribution is 2.45. The molecule has 34 heavy (non-hydrogen) atoms. The first-order valence-corrected chi connectivity index (χ1v) is 12.3. The number of fused-ring (bicyclic) bond motifs is 10. The second-order valence-corrected chi connectivity index (χ2v) is 9.94. The van der Waals surface area contributed by atoms with Crippen LogP contribution < -0.4 is 0 Å². The van der Waals surface area contributed by atoms with Gasteiger partial charge in [-0.3, -0.25) is 0 Å². The maximum absolute atomic E-state index is 6.50. The molecule has 0 saturated carbocycles. The van der Waals surface area contributed by atoms with E-state index in [1.165, 1.54) is 63.6 Å². The van der Waals surface area contributed by atoms with Gasteiger partial charge in [-0.05, 0) is 46.0 Å². The van der Waals surface area contributed by atoms with E-state index in [-0.39, 0.29) is 0 Å². The van der Waals surface area contributed by atoms with Crippen LogP contribution in [0.25, 0.3) is 74.8 Å². The maximum atomic E-state index is 6.50. The van der Waals surface area contributed by atoms with Gasteiger partial charge in [-0.15, -0.1) is 11.3 Å². The lowest BCUT2D eigenvalue weighted by molar-refractivity contribution is 0.673. The summed E-state index contributed by atoms with van der Waals surface area (Å²) in [6.45, 7) is 0. The summed E-state index contributed by atoms with van der Waals surface area (Å²) in [5.74, 6) is 0. The van der Waals surface area contributed by atoms with Crippen LogP contribution in [-0.2, 0) is 0 Å². The average molecular weight is 451 g/mol. The van der Waals surface area contributed by atoms with Crippen molar-refractivity contribution in [3.05, 3.63) is 109 Å². The fourth-order valence-corrected chi connectivity index (χ4v) is 6.78. The number of rotatable bonds is 1. The average Bonchev–Trinajstić information content (AvgIpc) is 3.46. The molecule has 1 nitrogen and oxygen atoms in total. The lowest BCUT2D eigenvalue weighted by Gasteiger charge is -2.12. The Bertz CT molecular complexity index is 2070. The predicted octanol–water partition coefficient (Wildman–Crippen LogP) is 9.93. The molecule has 0 radical (unpaired) electrons. The van der Waals surface area contributed by atoms with E-state index >= 15 is 0 Å². The van der Waals surface area contributed by atoms with Crippen LogP contribution in [0.2, 0.25) is 0 Å². The Morgan fingerprint density at radius 2 is 1.24 bits per heavy atom. The molecule has 0 bridgehead atoms. The molecule has 0 N–H and O–H groups in total. The molecule has 0 atom stereocenters. The summed E-state index contributed by atoms with van der Waals surface area (Å²) in [7, 11) is 0. The Morgan fingerprint density at radius 1 is 0.500 bits per heavy atom. The number of hydrogen-bond acceptors (Lipinski definition) is 2. The van der Waals surface area contributed by atoms with Crippen LogP contribution in [-0.4, -0.2) is 0 Å². The number of hydrogen-bond donors (Lipinski definition) is 0. The van der Waals surface area contributed by atoms with Crippen LogP contribution in [0.15, 0.2) is 114 Å². The van der Waals surface area contributed by atoms with Crippen LogP contribution in [0, 0.1) is 0 Å². The van der Waals surface area contributed by atoms with Crippen LogP contribution >= 0.6 is 11.3 Å². The van der Waals surface area contributed by atoms with Gasteiger partial charge in [-0.1, -0.05) is 84.9 Å². The molecule has 2 heterocycles. The molecular weight excluding hydrogens is 432 g/mol. The Morgan fingerprint density at radius 3 is 2.18 bits per heavy atom. The number of thiophene rings is 1. The second-order valence-electron chi connectivity index (χ2n) is 8.89. The second kappa shape index (κ2) is 6.69. The molecule has 0 aliphatic carbocycles. The molecule has 8 rings (SSSR count). The quantitative estimate of drug-likeness (QED) is 0.227. The summed E-state index contributed by atoms with van der Waals surface area (Å²) in [6, 6.07) is 39.3. The fraction of sp³-hybridized carbons (Fsp3) is 0. The third-order valence-corrected chi connectivity index (χ3v) is 8.28. The third kappa shape index (κ3) is 2.38. The molecule has 0 spiro atoms. The third-order valence-electron chi connectivity index (χ3n) is 7.06. The van der Waals surface area contributed by atoms with Gasteiger partial charge < -0.3 is 4.42 Å². The van der Waals surface area contributed by atoms with Crippen molar-refractivity contribution in [2.75, 3.05) is 0 Å². The van der Waals surface area contributed by atoms with Crippen LogP contribution in [0.4, 0.5) is 0 Å². The maximum Gasteiger partial charge on any atom is 0.143 e. The zero-order valence-corrected chi connectivity index (χ0v) is 19.0. The minimum Gasteiger partial charge on any atom is -0.455 e. The van der Waals surface area contributed by atoms with Crippen molar-refractivity contribution in [3.63, 3.8) is 0 Å².